The van der Waals surface area contributed by atoms with Crippen LogP contribution >= 0.6 is 0 Å². The number of nitro benzene ring substituents is 1. The fourth-order valence-corrected chi connectivity index (χ4v) is 3.96. The number of rotatable bonds is 5. The lowest BCUT2D eigenvalue weighted by molar-refractivity contribution is -0.384. The maximum atomic E-state index is 12.7. The highest BCUT2D eigenvalue weighted by Crippen LogP contribution is 2.33. The Labute approximate surface area is 159 Å². The van der Waals surface area contributed by atoms with Crippen LogP contribution in [-0.2, 0) is 0 Å². The molecule has 0 spiro atoms. The summed E-state index contributed by atoms with van der Waals surface area (Å²) in [7, 11) is 4.01. The van der Waals surface area contributed by atoms with Crippen molar-refractivity contribution in [1.29, 1.82) is 0 Å². The van der Waals surface area contributed by atoms with E-state index in [9.17, 15) is 14.9 Å². The van der Waals surface area contributed by atoms with Gasteiger partial charge in [0.2, 0.25) is 0 Å². The molecule has 3 rings (SSSR count). The van der Waals surface area contributed by atoms with Crippen LogP contribution in [0.15, 0.2) is 48.5 Å². The summed E-state index contributed by atoms with van der Waals surface area (Å²) in [5.74, 6) is 0.194. The first kappa shape index (κ1) is 19.0. The number of piperidine rings is 1. The molecule has 1 aliphatic rings. The van der Waals surface area contributed by atoms with E-state index in [2.05, 4.69) is 18.9 Å². The van der Waals surface area contributed by atoms with E-state index in [0.717, 1.165) is 19.5 Å². The van der Waals surface area contributed by atoms with E-state index in [0.29, 0.717) is 22.7 Å². The number of anilines is 1. The molecule has 0 aliphatic carbocycles. The number of ketones is 1. The van der Waals surface area contributed by atoms with Crippen LogP contribution in [0.25, 0.3) is 0 Å². The molecular weight excluding hydrogens is 342 g/mol. The molecule has 0 saturated carbocycles. The lowest BCUT2D eigenvalue weighted by atomic mass is 9.92. The van der Waals surface area contributed by atoms with Crippen molar-refractivity contribution in [3.63, 3.8) is 0 Å². The summed E-state index contributed by atoms with van der Waals surface area (Å²) in [6, 6.07) is 13.9. The third kappa shape index (κ3) is 4.01. The Balaban J connectivity index is 1.92. The Hall–Kier alpha value is -2.73. The zero-order chi connectivity index (χ0) is 19.6. The molecule has 1 aliphatic heterocycles. The van der Waals surface area contributed by atoms with Crippen molar-refractivity contribution in [3.8, 4) is 0 Å². The second-order valence-electron chi connectivity index (χ2n) is 7.36. The third-order valence-corrected chi connectivity index (χ3v) is 5.41. The Morgan fingerprint density at radius 3 is 2.52 bits per heavy atom. The first-order valence-corrected chi connectivity index (χ1v) is 9.18. The largest absolute Gasteiger partial charge is 0.366 e. The van der Waals surface area contributed by atoms with E-state index in [-0.39, 0.29) is 17.5 Å². The molecule has 0 unspecified atom stereocenters. The van der Waals surface area contributed by atoms with Crippen LogP contribution in [0.4, 0.5) is 11.4 Å². The van der Waals surface area contributed by atoms with Gasteiger partial charge in [-0.3, -0.25) is 14.9 Å². The van der Waals surface area contributed by atoms with Gasteiger partial charge in [0.15, 0.2) is 5.78 Å². The second kappa shape index (κ2) is 7.88. The average molecular weight is 367 g/mol. The number of carbonyl (C=O) groups is 1. The van der Waals surface area contributed by atoms with Crippen LogP contribution in [0, 0.1) is 16.0 Å². The van der Waals surface area contributed by atoms with Crippen molar-refractivity contribution in [1.82, 2.24) is 4.90 Å². The summed E-state index contributed by atoms with van der Waals surface area (Å²) < 4.78 is 0. The average Bonchev–Trinajstić information content (AvgIpc) is 2.67. The van der Waals surface area contributed by atoms with Gasteiger partial charge >= 0.3 is 0 Å². The number of carbonyl (C=O) groups excluding carboxylic acids is 1. The number of benzene rings is 2. The number of nitro groups is 1. The standard InChI is InChI=1S/C21H25N3O3/c1-15-14-22(2)12-11-18(15)23(3)19-10-9-17(13-20(19)24(26)27)21(25)16-7-5-4-6-8-16/h4-10,13,15,18H,11-12,14H2,1-3H3/t15-,18+/m0/s1. The monoisotopic (exact) mass is 367 g/mol. The van der Waals surface area contributed by atoms with E-state index < -0.39 is 4.92 Å². The van der Waals surface area contributed by atoms with Gasteiger partial charge in [-0.15, -0.1) is 0 Å². The molecule has 1 heterocycles. The van der Waals surface area contributed by atoms with Gasteiger partial charge in [-0.25, -0.2) is 0 Å². The fourth-order valence-electron chi connectivity index (χ4n) is 3.96. The maximum absolute atomic E-state index is 12.7. The predicted octanol–water partition coefficient (Wildman–Crippen LogP) is 3.60. The molecular formula is C21H25N3O3. The summed E-state index contributed by atoms with van der Waals surface area (Å²) in [6.07, 6.45) is 0.954. The smallest absolute Gasteiger partial charge is 0.293 e. The van der Waals surface area contributed by atoms with Gasteiger partial charge in [-0.05, 0) is 38.1 Å². The molecule has 0 bridgehead atoms. The number of nitrogens with zero attached hydrogens (tertiary/aromatic N) is 3. The van der Waals surface area contributed by atoms with Crippen molar-refractivity contribution in [2.24, 2.45) is 5.92 Å². The van der Waals surface area contributed by atoms with E-state index in [4.69, 9.17) is 0 Å². The lowest BCUT2D eigenvalue weighted by Crippen LogP contribution is -2.48. The highest BCUT2D eigenvalue weighted by Gasteiger charge is 2.31. The second-order valence-corrected chi connectivity index (χ2v) is 7.36. The molecule has 0 radical (unpaired) electrons. The molecule has 2 atom stereocenters. The maximum Gasteiger partial charge on any atom is 0.293 e. The molecule has 6 nitrogen and oxygen atoms in total. The van der Waals surface area contributed by atoms with Crippen molar-refractivity contribution in [2.75, 3.05) is 32.1 Å². The Bertz CT molecular complexity index is 838. The molecule has 142 valence electrons. The SMILES string of the molecule is C[C@H]1CN(C)CC[C@H]1N(C)c1ccc(C(=O)c2ccccc2)cc1[N+](=O)[O-]. The highest BCUT2D eigenvalue weighted by atomic mass is 16.6. The van der Waals surface area contributed by atoms with Crippen LogP contribution in [0.1, 0.15) is 29.3 Å². The van der Waals surface area contributed by atoms with Crippen LogP contribution in [0.2, 0.25) is 0 Å². The number of hydrogen-bond donors (Lipinski definition) is 0. The zero-order valence-corrected chi connectivity index (χ0v) is 16.0. The molecule has 0 amide bonds. The molecule has 2 aromatic rings. The molecule has 27 heavy (non-hydrogen) atoms. The molecule has 0 N–H and O–H groups in total. The van der Waals surface area contributed by atoms with E-state index in [1.54, 1.807) is 36.4 Å². The van der Waals surface area contributed by atoms with Crippen molar-refractivity contribution in [3.05, 3.63) is 69.8 Å². The van der Waals surface area contributed by atoms with Crippen molar-refractivity contribution in [2.45, 2.75) is 19.4 Å². The molecule has 1 fully saturated rings. The van der Waals surface area contributed by atoms with E-state index in [1.165, 1.54) is 6.07 Å². The quantitative estimate of drug-likeness (QED) is 0.459. The Kier molecular flexibility index (Phi) is 5.56. The normalized spacial score (nSPS) is 20.3. The molecule has 1 saturated heterocycles. The minimum absolute atomic E-state index is 0.0228. The van der Waals surface area contributed by atoms with E-state index >= 15 is 0 Å². The topological polar surface area (TPSA) is 66.7 Å². The number of likely N-dealkylation sites (tertiary alicyclic amines) is 1. The van der Waals surface area contributed by atoms with Crippen LogP contribution in [0.3, 0.4) is 0 Å². The first-order valence-electron chi connectivity index (χ1n) is 9.18. The first-order chi connectivity index (χ1) is 12.9. The molecule has 0 aromatic heterocycles. The minimum atomic E-state index is -0.396. The van der Waals surface area contributed by atoms with Gasteiger partial charge < -0.3 is 9.80 Å². The predicted molar refractivity (Wildman–Crippen MR) is 106 cm³/mol. The van der Waals surface area contributed by atoms with Gasteiger partial charge in [0.05, 0.1) is 4.92 Å². The van der Waals surface area contributed by atoms with Gasteiger partial charge in [-0.1, -0.05) is 37.3 Å². The lowest BCUT2D eigenvalue weighted by Gasteiger charge is -2.40. The van der Waals surface area contributed by atoms with E-state index in [1.807, 2.05) is 18.0 Å². The van der Waals surface area contributed by atoms with Gasteiger partial charge in [0, 0.05) is 36.8 Å². The molecule has 6 heteroatoms. The van der Waals surface area contributed by atoms with Crippen molar-refractivity contribution >= 4 is 17.2 Å². The van der Waals surface area contributed by atoms with Crippen molar-refractivity contribution < 1.29 is 9.72 Å². The summed E-state index contributed by atoms with van der Waals surface area (Å²) in [4.78, 5) is 28.3. The summed E-state index contributed by atoms with van der Waals surface area (Å²) >= 11 is 0. The van der Waals surface area contributed by atoms with Gasteiger partial charge in [0.25, 0.3) is 5.69 Å². The zero-order valence-electron chi connectivity index (χ0n) is 16.0. The van der Waals surface area contributed by atoms with Gasteiger partial charge in [-0.2, -0.15) is 0 Å². The fraction of sp³-hybridized carbons (Fsp3) is 0.381. The Morgan fingerprint density at radius 1 is 1.19 bits per heavy atom. The summed E-state index contributed by atoms with van der Waals surface area (Å²) in [5, 5.41) is 11.7. The van der Waals surface area contributed by atoms with Gasteiger partial charge in [0.1, 0.15) is 5.69 Å². The highest BCUT2D eigenvalue weighted by molar-refractivity contribution is 6.09. The molecule has 2 aromatic carbocycles. The summed E-state index contributed by atoms with van der Waals surface area (Å²) in [6.45, 7) is 4.11. The Morgan fingerprint density at radius 2 is 1.89 bits per heavy atom. The summed E-state index contributed by atoms with van der Waals surface area (Å²) in [5.41, 5.74) is 1.40. The van der Waals surface area contributed by atoms with Crippen LogP contribution in [0.5, 0.6) is 0 Å². The number of hydrogen-bond acceptors (Lipinski definition) is 5. The third-order valence-electron chi connectivity index (χ3n) is 5.41. The van der Waals surface area contributed by atoms with Crippen LogP contribution < -0.4 is 4.90 Å². The van der Waals surface area contributed by atoms with Crippen LogP contribution in [-0.4, -0.2) is 48.8 Å². The minimum Gasteiger partial charge on any atom is -0.366 e.